The van der Waals surface area contributed by atoms with Crippen LogP contribution in [-0.4, -0.2) is 52.0 Å². The topological polar surface area (TPSA) is 107 Å². The Morgan fingerprint density at radius 2 is 2.12 bits per heavy atom. The third-order valence-corrected chi connectivity index (χ3v) is 6.03. The number of H-pyrrole nitrogens is 1. The number of carbonyl (C=O) groups excluding carboxylic acids is 2. The normalized spacial score (nSPS) is 17.4. The van der Waals surface area contributed by atoms with Crippen molar-refractivity contribution in [3.63, 3.8) is 0 Å². The molecule has 5 rings (SSSR count). The second-order valence-corrected chi connectivity index (χ2v) is 8.16. The highest BCUT2D eigenvalue weighted by Gasteiger charge is 2.43. The molecule has 2 atom stereocenters. The molecule has 4 aromatic rings. The Bertz CT molecular complexity index is 1430. The van der Waals surface area contributed by atoms with Gasteiger partial charge in [0, 0.05) is 37.3 Å². The summed E-state index contributed by atoms with van der Waals surface area (Å²) in [6.07, 6.45) is 2.26. The number of amides is 3. The van der Waals surface area contributed by atoms with Gasteiger partial charge in [0.25, 0.3) is 0 Å². The van der Waals surface area contributed by atoms with E-state index >= 15 is 4.39 Å². The fraction of sp³-hybridized carbons (Fsp3) is 0.238. The Labute approximate surface area is 190 Å². The van der Waals surface area contributed by atoms with Gasteiger partial charge in [0.15, 0.2) is 11.6 Å². The molecule has 9 nitrogen and oxygen atoms in total. The van der Waals surface area contributed by atoms with Gasteiger partial charge in [-0.25, -0.2) is 18.1 Å². The van der Waals surface area contributed by atoms with Gasteiger partial charge >= 0.3 is 6.03 Å². The highest BCUT2D eigenvalue weighted by Crippen LogP contribution is 2.42. The Morgan fingerprint density at radius 3 is 2.82 bits per heavy atom. The van der Waals surface area contributed by atoms with E-state index in [1.807, 2.05) is 0 Å². The van der Waals surface area contributed by atoms with Crippen LogP contribution in [0.2, 0.25) is 5.02 Å². The number of alkyl halides is 1. The number of nitrogens with one attached hydrogen (secondary N) is 3. The number of pyridine rings is 1. The van der Waals surface area contributed by atoms with Gasteiger partial charge in [-0.2, -0.15) is 10.2 Å². The van der Waals surface area contributed by atoms with E-state index in [1.54, 1.807) is 24.4 Å². The molecule has 3 heterocycles. The van der Waals surface area contributed by atoms with Crippen LogP contribution in [-0.2, 0) is 4.79 Å². The van der Waals surface area contributed by atoms with Crippen LogP contribution >= 0.6 is 11.6 Å². The SMILES string of the molecule is CNC(=O)N(C)c1c(F)c(Cl)c(-c2ccn3nc(NC(=O)[C@@H]4C[C@@H]4F)cc3c2)c2cn[nH]c12. The lowest BCUT2D eigenvalue weighted by molar-refractivity contribution is -0.117. The van der Waals surface area contributed by atoms with Crippen molar-refractivity contribution in [2.45, 2.75) is 12.6 Å². The van der Waals surface area contributed by atoms with Crippen molar-refractivity contribution in [1.82, 2.24) is 25.1 Å². The lowest BCUT2D eigenvalue weighted by Gasteiger charge is -2.20. The summed E-state index contributed by atoms with van der Waals surface area (Å²) < 4.78 is 30.0. The Kier molecular flexibility index (Phi) is 4.93. The molecule has 0 saturated heterocycles. The minimum atomic E-state index is -1.10. The fourth-order valence-electron chi connectivity index (χ4n) is 3.83. The number of aromatic amines is 1. The molecule has 3 N–H and O–H groups in total. The summed E-state index contributed by atoms with van der Waals surface area (Å²) in [5.74, 6) is -1.54. The predicted molar refractivity (Wildman–Crippen MR) is 120 cm³/mol. The monoisotopic (exact) mass is 473 g/mol. The summed E-state index contributed by atoms with van der Waals surface area (Å²) in [4.78, 5) is 25.2. The number of benzene rings is 1. The van der Waals surface area contributed by atoms with Crippen LogP contribution in [0.4, 0.5) is 25.1 Å². The average Bonchev–Trinajstić information content (AvgIpc) is 3.17. The maximum Gasteiger partial charge on any atom is 0.321 e. The number of hydrogen-bond donors (Lipinski definition) is 3. The second kappa shape index (κ2) is 7.69. The third-order valence-electron chi connectivity index (χ3n) is 5.67. The van der Waals surface area contributed by atoms with Crippen molar-refractivity contribution in [2.24, 2.45) is 5.92 Å². The summed E-state index contributed by atoms with van der Waals surface area (Å²) >= 11 is 6.45. The number of aromatic nitrogens is 4. The van der Waals surface area contributed by atoms with Gasteiger partial charge in [0.1, 0.15) is 11.9 Å². The van der Waals surface area contributed by atoms with Gasteiger partial charge in [0.2, 0.25) is 5.91 Å². The van der Waals surface area contributed by atoms with Crippen LogP contribution in [0.5, 0.6) is 0 Å². The highest BCUT2D eigenvalue weighted by molar-refractivity contribution is 6.36. The number of anilines is 2. The first-order chi connectivity index (χ1) is 15.8. The summed E-state index contributed by atoms with van der Waals surface area (Å²) in [5.41, 5.74) is 1.85. The Hall–Kier alpha value is -3.73. The number of nitrogens with zero attached hydrogens (tertiary/aromatic N) is 4. The molecule has 1 aliphatic carbocycles. The van der Waals surface area contributed by atoms with Crippen LogP contribution in [0.3, 0.4) is 0 Å². The van der Waals surface area contributed by atoms with E-state index in [1.165, 1.54) is 24.8 Å². The van der Waals surface area contributed by atoms with Crippen LogP contribution < -0.4 is 15.5 Å². The van der Waals surface area contributed by atoms with E-state index in [0.29, 0.717) is 27.5 Å². The van der Waals surface area contributed by atoms with E-state index in [9.17, 15) is 14.0 Å². The lowest BCUT2D eigenvalue weighted by Crippen LogP contribution is -2.35. The van der Waals surface area contributed by atoms with Crippen molar-refractivity contribution in [2.75, 3.05) is 24.3 Å². The zero-order valence-corrected chi connectivity index (χ0v) is 18.2. The molecule has 0 radical (unpaired) electrons. The maximum atomic E-state index is 15.4. The molecule has 1 aliphatic rings. The molecular formula is C21H18ClF2N7O2. The van der Waals surface area contributed by atoms with Gasteiger partial charge in [0.05, 0.1) is 28.2 Å². The summed E-state index contributed by atoms with van der Waals surface area (Å²) in [6, 6.07) is 4.53. The van der Waals surface area contributed by atoms with Gasteiger partial charge in [-0.05, 0) is 24.1 Å². The Balaban J connectivity index is 1.58. The lowest BCUT2D eigenvalue weighted by atomic mass is 10.0. The van der Waals surface area contributed by atoms with Crippen LogP contribution in [0, 0.1) is 11.7 Å². The third kappa shape index (κ3) is 3.44. The highest BCUT2D eigenvalue weighted by atomic mass is 35.5. The first-order valence-corrected chi connectivity index (χ1v) is 10.4. The molecule has 0 aliphatic heterocycles. The zero-order valence-electron chi connectivity index (χ0n) is 17.5. The largest absolute Gasteiger partial charge is 0.341 e. The number of fused-ring (bicyclic) bond motifs is 2. The van der Waals surface area contributed by atoms with Gasteiger partial charge in [-0.3, -0.25) is 14.8 Å². The summed E-state index contributed by atoms with van der Waals surface area (Å²) in [5, 5.41) is 16.4. The summed E-state index contributed by atoms with van der Waals surface area (Å²) in [7, 11) is 2.86. The molecule has 170 valence electrons. The fourth-order valence-corrected chi connectivity index (χ4v) is 4.13. The van der Waals surface area contributed by atoms with Crippen molar-refractivity contribution < 1.29 is 18.4 Å². The van der Waals surface area contributed by atoms with Gasteiger partial charge in [-0.1, -0.05) is 11.6 Å². The number of rotatable bonds is 4. The molecule has 0 bridgehead atoms. The van der Waals surface area contributed by atoms with Gasteiger partial charge < -0.3 is 10.6 Å². The van der Waals surface area contributed by atoms with E-state index in [0.717, 1.165) is 4.90 Å². The van der Waals surface area contributed by atoms with Crippen molar-refractivity contribution in [3.05, 3.63) is 41.4 Å². The first-order valence-electron chi connectivity index (χ1n) is 10.0. The molecule has 12 heteroatoms. The average molecular weight is 474 g/mol. The molecule has 1 aromatic carbocycles. The number of hydrogen-bond acceptors (Lipinski definition) is 4. The molecule has 33 heavy (non-hydrogen) atoms. The Morgan fingerprint density at radius 1 is 1.36 bits per heavy atom. The van der Waals surface area contributed by atoms with Crippen molar-refractivity contribution in [3.8, 4) is 11.1 Å². The molecule has 3 amide bonds. The quantitative estimate of drug-likeness (QED) is 0.419. The number of carbonyl (C=O) groups is 2. The van der Waals surface area contributed by atoms with Crippen molar-refractivity contribution >= 4 is 51.5 Å². The minimum absolute atomic E-state index is 0.0303. The van der Waals surface area contributed by atoms with Crippen LogP contribution in [0.1, 0.15) is 6.42 Å². The molecule has 0 unspecified atom stereocenters. The predicted octanol–water partition coefficient (Wildman–Crippen LogP) is 3.74. The minimum Gasteiger partial charge on any atom is -0.341 e. The van der Waals surface area contributed by atoms with E-state index in [4.69, 9.17) is 11.6 Å². The molecular weight excluding hydrogens is 456 g/mol. The number of halogens is 3. The second-order valence-electron chi connectivity index (χ2n) is 7.79. The van der Waals surface area contributed by atoms with Crippen LogP contribution in [0.25, 0.3) is 27.5 Å². The molecule has 3 aromatic heterocycles. The first kappa shape index (κ1) is 21.1. The standard InChI is InChI=1S/C21H18ClF2N7O2/c1-25-21(33)30(2)19-17(24)16(22)15(12-8-26-28-18(12)19)9-3-4-31-10(5-9)6-14(29-31)27-20(32)11-7-13(11)23/h3-6,8,11,13H,7H2,1-2H3,(H,25,33)(H,26,28)(H,27,29,32)/t11-,13+/m1/s1. The van der Waals surface area contributed by atoms with Crippen LogP contribution in [0.15, 0.2) is 30.6 Å². The maximum absolute atomic E-state index is 15.4. The molecule has 1 fully saturated rings. The smallest absolute Gasteiger partial charge is 0.321 e. The van der Waals surface area contributed by atoms with E-state index < -0.39 is 29.8 Å². The summed E-state index contributed by atoms with van der Waals surface area (Å²) in [6.45, 7) is 0. The molecule has 1 saturated carbocycles. The molecule has 0 spiro atoms. The number of urea groups is 1. The van der Waals surface area contributed by atoms with Gasteiger partial charge in [-0.15, -0.1) is 0 Å². The van der Waals surface area contributed by atoms with Crippen molar-refractivity contribution in [1.29, 1.82) is 0 Å². The zero-order chi connectivity index (χ0) is 23.4. The van der Waals surface area contributed by atoms with E-state index in [2.05, 4.69) is 25.9 Å². The van der Waals surface area contributed by atoms with E-state index in [-0.39, 0.29) is 22.9 Å².